The average Bonchev–Trinajstić information content (AvgIpc) is 2.90. The predicted molar refractivity (Wildman–Crippen MR) is 80.7 cm³/mol. The Morgan fingerprint density at radius 3 is 2.45 bits per heavy atom. The molecule has 3 nitrogen and oxygen atoms in total. The summed E-state index contributed by atoms with van der Waals surface area (Å²) in [6.45, 7) is 2.04. The number of benzene rings is 2. The molecule has 3 heteroatoms. The number of hydrogen-bond donors (Lipinski definition) is 1. The number of nitrogens with zero attached hydrogens (tertiary/aromatic N) is 1. The Labute approximate surface area is 118 Å². The zero-order valence-corrected chi connectivity index (χ0v) is 11.6. The summed E-state index contributed by atoms with van der Waals surface area (Å²) in [5.74, 6) is 0.849. The van der Waals surface area contributed by atoms with Gasteiger partial charge in [-0.25, -0.2) is 0 Å². The molecule has 3 rings (SSSR count). The molecular formula is C17H16N2O. The van der Waals surface area contributed by atoms with Crippen LogP contribution in [0.4, 0.5) is 0 Å². The van der Waals surface area contributed by atoms with Crippen molar-refractivity contribution in [3.8, 4) is 28.1 Å². The average molecular weight is 264 g/mol. The van der Waals surface area contributed by atoms with Crippen LogP contribution in [0.1, 0.15) is 5.69 Å². The quantitative estimate of drug-likeness (QED) is 0.774. The Bertz CT molecular complexity index is 717. The highest BCUT2D eigenvalue weighted by molar-refractivity contribution is 5.82. The van der Waals surface area contributed by atoms with Crippen LogP contribution in [-0.2, 0) is 0 Å². The smallest absolute Gasteiger partial charge is 0.119 e. The predicted octanol–water partition coefficient (Wildman–Crippen LogP) is 4.06. The Kier molecular flexibility index (Phi) is 3.25. The fourth-order valence-corrected chi connectivity index (χ4v) is 2.37. The Morgan fingerprint density at radius 1 is 0.950 bits per heavy atom. The van der Waals surface area contributed by atoms with Crippen LogP contribution in [0.25, 0.3) is 22.4 Å². The van der Waals surface area contributed by atoms with Gasteiger partial charge in [-0.15, -0.1) is 0 Å². The Balaban J connectivity index is 2.16. The molecule has 1 aromatic heterocycles. The number of aromatic nitrogens is 2. The SMILES string of the molecule is COc1cccc(-c2c(-c3ccccc3)n[nH]c2C)c1. The van der Waals surface area contributed by atoms with Crippen molar-refractivity contribution < 1.29 is 4.74 Å². The van der Waals surface area contributed by atoms with Gasteiger partial charge in [0.25, 0.3) is 0 Å². The Morgan fingerprint density at radius 2 is 1.70 bits per heavy atom. The van der Waals surface area contributed by atoms with Gasteiger partial charge in [0, 0.05) is 16.8 Å². The number of aryl methyl sites for hydroxylation is 1. The monoisotopic (exact) mass is 264 g/mol. The molecule has 0 saturated carbocycles. The number of nitrogens with one attached hydrogen (secondary N) is 1. The third kappa shape index (κ3) is 2.18. The van der Waals surface area contributed by atoms with E-state index in [-0.39, 0.29) is 0 Å². The number of H-pyrrole nitrogens is 1. The van der Waals surface area contributed by atoms with Crippen molar-refractivity contribution in [1.29, 1.82) is 0 Å². The highest BCUT2D eigenvalue weighted by Crippen LogP contribution is 2.34. The molecule has 0 aliphatic heterocycles. The van der Waals surface area contributed by atoms with Gasteiger partial charge in [-0.2, -0.15) is 5.10 Å². The lowest BCUT2D eigenvalue weighted by Gasteiger charge is -2.06. The second-order valence-electron chi connectivity index (χ2n) is 4.67. The van der Waals surface area contributed by atoms with E-state index in [9.17, 15) is 0 Å². The number of rotatable bonds is 3. The topological polar surface area (TPSA) is 37.9 Å². The van der Waals surface area contributed by atoms with Crippen LogP contribution in [0.15, 0.2) is 54.6 Å². The van der Waals surface area contributed by atoms with Crippen LogP contribution in [0.5, 0.6) is 5.75 Å². The highest BCUT2D eigenvalue weighted by atomic mass is 16.5. The maximum absolute atomic E-state index is 5.31. The lowest BCUT2D eigenvalue weighted by molar-refractivity contribution is 0.415. The van der Waals surface area contributed by atoms with Gasteiger partial charge in [0.05, 0.1) is 7.11 Å². The standard InChI is InChI=1S/C17H16N2O/c1-12-16(14-9-6-10-15(11-14)20-2)17(19-18-12)13-7-4-3-5-8-13/h3-11H,1-2H3,(H,18,19). The fraction of sp³-hybridized carbons (Fsp3) is 0.118. The summed E-state index contributed by atoms with van der Waals surface area (Å²) < 4.78 is 5.31. The van der Waals surface area contributed by atoms with E-state index in [2.05, 4.69) is 28.4 Å². The molecule has 0 radical (unpaired) electrons. The maximum atomic E-state index is 5.31. The van der Waals surface area contributed by atoms with Crippen LogP contribution in [0.3, 0.4) is 0 Å². The van der Waals surface area contributed by atoms with Crippen molar-refractivity contribution in [2.24, 2.45) is 0 Å². The van der Waals surface area contributed by atoms with Crippen molar-refractivity contribution in [2.75, 3.05) is 7.11 Å². The summed E-state index contributed by atoms with van der Waals surface area (Å²) in [4.78, 5) is 0. The summed E-state index contributed by atoms with van der Waals surface area (Å²) >= 11 is 0. The minimum absolute atomic E-state index is 0.849. The van der Waals surface area contributed by atoms with E-state index in [1.807, 2.05) is 43.3 Å². The van der Waals surface area contributed by atoms with Crippen LogP contribution < -0.4 is 4.74 Å². The lowest BCUT2D eigenvalue weighted by atomic mass is 9.99. The van der Waals surface area contributed by atoms with Crippen molar-refractivity contribution in [3.63, 3.8) is 0 Å². The molecule has 100 valence electrons. The number of hydrogen-bond acceptors (Lipinski definition) is 2. The first-order valence-corrected chi connectivity index (χ1v) is 6.54. The molecule has 3 aromatic rings. The third-order valence-corrected chi connectivity index (χ3v) is 3.35. The van der Waals surface area contributed by atoms with E-state index in [0.29, 0.717) is 0 Å². The molecular weight excluding hydrogens is 248 g/mol. The summed E-state index contributed by atoms with van der Waals surface area (Å²) in [5, 5.41) is 7.53. The zero-order valence-electron chi connectivity index (χ0n) is 11.6. The van der Waals surface area contributed by atoms with Gasteiger partial charge >= 0.3 is 0 Å². The molecule has 0 atom stereocenters. The van der Waals surface area contributed by atoms with Crippen molar-refractivity contribution in [2.45, 2.75) is 6.92 Å². The molecule has 0 amide bonds. The molecule has 0 bridgehead atoms. The van der Waals surface area contributed by atoms with E-state index < -0.39 is 0 Å². The summed E-state index contributed by atoms with van der Waals surface area (Å²) in [7, 11) is 1.68. The van der Waals surface area contributed by atoms with Gasteiger partial charge in [-0.1, -0.05) is 42.5 Å². The van der Waals surface area contributed by atoms with Crippen molar-refractivity contribution >= 4 is 0 Å². The second kappa shape index (κ2) is 5.21. The Hall–Kier alpha value is -2.55. The summed E-state index contributed by atoms with van der Waals surface area (Å²) in [5.41, 5.74) is 5.35. The first-order valence-electron chi connectivity index (χ1n) is 6.54. The van der Waals surface area contributed by atoms with E-state index >= 15 is 0 Å². The largest absolute Gasteiger partial charge is 0.497 e. The van der Waals surface area contributed by atoms with Crippen LogP contribution in [0, 0.1) is 6.92 Å². The molecule has 2 aromatic carbocycles. The maximum Gasteiger partial charge on any atom is 0.119 e. The third-order valence-electron chi connectivity index (χ3n) is 3.35. The molecule has 20 heavy (non-hydrogen) atoms. The van der Waals surface area contributed by atoms with Gasteiger partial charge in [0.15, 0.2) is 0 Å². The molecule has 0 saturated heterocycles. The number of aromatic amines is 1. The lowest BCUT2D eigenvalue weighted by Crippen LogP contribution is -1.86. The van der Waals surface area contributed by atoms with Gasteiger partial charge in [-0.05, 0) is 24.6 Å². The van der Waals surface area contributed by atoms with E-state index in [1.54, 1.807) is 7.11 Å². The van der Waals surface area contributed by atoms with Gasteiger partial charge in [0.2, 0.25) is 0 Å². The normalized spacial score (nSPS) is 10.5. The minimum Gasteiger partial charge on any atom is -0.497 e. The molecule has 0 aliphatic carbocycles. The van der Waals surface area contributed by atoms with Crippen LogP contribution >= 0.6 is 0 Å². The molecule has 1 heterocycles. The van der Waals surface area contributed by atoms with E-state index in [0.717, 1.165) is 33.8 Å². The van der Waals surface area contributed by atoms with Crippen molar-refractivity contribution in [3.05, 3.63) is 60.3 Å². The molecule has 0 unspecified atom stereocenters. The van der Waals surface area contributed by atoms with Gasteiger partial charge in [-0.3, -0.25) is 5.10 Å². The minimum atomic E-state index is 0.849. The summed E-state index contributed by atoms with van der Waals surface area (Å²) in [6, 6.07) is 18.2. The molecule has 1 N–H and O–H groups in total. The van der Waals surface area contributed by atoms with E-state index in [4.69, 9.17) is 4.74 Å². The van der Waals surface area contributed by atoms with Gasteiger partial charge in [0.1, 0.15) is 11.4 Å². The van der Waals surface area contributed by atoms with Gasteiger partial charge < -0.3 is 4.74 Å². The molecule has 0 fully saturated rings. The number of methoxy groups -OCH3 is 1. The van der Waals surface area contributed by atoms with Crippen LogP contribution in [-0.4, -0.2) is 17.3 Å². The first kappa shape index (κ1) is 12.5. The fourth-order valence-electron chi connectivity index (χ4n) is 2.37. The summed E-state index contributed by atoms with van der Waals surface area (Å²) in [6.07, 6.45) is 0. The first-order chi connectivity index (χ1) is 9.79. The molecule has 0 spiro atoms. The molecule has 0 aliphatic rings. The zero-order chi connectivity index (χ0) is 13.9. The van der Waals surface area contributed by atoms with Crippen LogP contribution in [0.2, 0.25) is 0 Å². The highest BCUT2D eigenvalue weighted by Gasteiger charge is 2.14. The van der Waals surface area contributed by atoms with Crippen molar-refractivity contribution in [1.82, 2.24) is 10.2 Å². The second-order valence-corrected chi connectivity index (χ2v) is 4.67. The van der Waals surface area contributed by atoms with E-state index in [1.165, 1.54) is 0 Å². The number of ether oxygens (including phenoxy) is 1.